The highest BCUT2D eigenvalue weighted by Crippen LogP contribution is 2.32. The number of thiophene rings is 1. The van der Waals surface area contributed by atoms with E-state index in [4.69, 9.17) is 0 Å². The minimum Gasteiger partial charge on any atom is -0.392 e. The molecule has 1 aromatic heterocycles. The first-order chi connectivity index (χ1) is 15.1. The van der Waals surface area contributed by atoms with Gasteiger partial charge in [0, 0.05) is 24.8 Å². The molecule has 0 spiro atoms. The number of carbonyl (C=O) groups is 2. The van der Waals surface area contributed by atoms with E-state index in [1.165, 1.54) is 11.3 Å². The Morgan fingerprint density at radius 3 is 2.71 bits per heavy atom. The lowest BCUT2D eigenvalue weighted by atomic mass is 10.00. The quantitative estimate of drug-likeness (QED) is 0.589. The summed E-state index contributed by atoms with van der Waals surface area (Å²) in [4.78, 5) is 28.4. The molecule has 3 N–H and O–H groups in total. The second-order valence-corrected chi connectivity index (χ2v) is 8.94. The van der Waals surface area contributed by atoms with Gasteiger partial charge in [0.05, 0.1) is 23.1 Å². The van der Waals surface area contributed by atoms with Crippen molar-refractivity contribution in [1.82, 2.24) is 10.2 Å². The fourth-order valence-electron chi connectivity index (χ4n) is 4.37. The van der Waals surface area contributed by atoms with Crippen LogP contribution in [0.5, 0.6) is 0 Å². The van der Waals surface area contributed by atoms with Crippen molar-refractivity contribution in [2.45, 2.75) is 25.1 Å². The molecule has 158 valence electrons. The Hall–Kier alpha value is -3.16. The number of hydrogen-bond donors (Lipinski definition) is 3. The van der Waals surface area contributed by atoms with E-state index in [2.05, 4.69) is 10.6 Å². The fraction of sp³-hybridized carbons (Fsp3) is 0.250. The summed E-state index contributed by atoms with van der Waals surface area (Å²) >= 11 is 1.42. The molecule has 0 aliphatic carbocycles. The van der Waals surface area contributed by atoms with Crippen LogP contribution < -0.4 is 10.6 Å². The van der Waals surface area contributed by atoms with Crippen molar-refractivity contribution in [3.63, 3.8) is 0 Å². The lowest BCUT2D eigenvalue weighted by molar-refractivity contribution is 0.0744. The Kier molecular flexibility index (Phi) is 5.21. The van der Waals surface area contributed by atoms with Gasteiger partial charge in [-0.25, -0.2) is 0 Å². The third-order valence-electron chi connectivity index (χ3n) is 6.00. The molecule has 7 heteroatoms. The minimum absolute atomic E-state index is 0.00735. The molecule has 2 amide bonds. The molecule has 2 aromatic carbocycles. The molecule has 5 rings (SSSR count). The van der Waals surface area contributed by atoms with E-state index in [9.17, 15) is 14.7 Å². The molecule has 2 aliphatic rings. The summed E-state index contributed by atoms with van der Waals surface area (Å²) < 4.78 is 0. The summed E-state index contributed by atoms with van der Waals surface area (Å²) in [5, 5.41) is 17.6. The maximum Gasteiger partial charge on any atom is 0.261 e. The van der Waals surface area contributed by atoms with Gasteiger partial charge >= 0.3 is 0 Å². The van der Waals surface area contributed by atoms with E-state index in [-0.39, 0.29) is 30.5 Å². The van der Waals surface area contributed by atoms with E-state index >= 15 is 0 Å². The summed E-state index contributed by atoms with van der Waals surface area (Å²) in [5.41, 5.74) is 4.30. The smallest absolute Gasteiger partial charge is 0.261 e. The number of anilines is 1. The van der Waals surface area contributed by atoms with Gasteiger partial charge in [-0.2, -0.15) is 0 Å². The van der Waals surface area contributed by atoms with Crippen molar-refractivity contribution in [3.8, 4) is 11.1 Å². The molecule has 0 bridgehead atoms. The second kappa shape index (κ2) is 8.17. The van der Waals surface area contributed by atoms with Crippen LogP contribution in [-0.4, -0.2) is 47.0 Å². The zero-order valence-electron chi connectivity index (χ0n) is 16.9. The summed E-state index contributed by atoms with van der Waals surface area (Å²) in [6.45, 7) is 1.18. The van der Waals surface area contributed by atoms with E-state index in [1.807, 2.05) is 64.9 Å². The summed E-state index contributed by atoms with van der Waals surface area (Å²) in [6.07, 6.45) is 0.735. The predicted octanol–water partition coefficient (Wildman–Crippen LogP) is 3.35. The van der Waals surface area contributed by atoms with Crippen molar-refractivity contribution in [1.29, 1.82) is 0 Å². The third kappa shape index (κ3) is 3.82. The van der Waals surface area contributed by atoms with Crippen molar-refractivity contribution in [2.24, 2.45) is 0 Å². The number of benzene rings is 2. The number of carbonyl (C=O) groups excluding carboxylic acids is 2. The van der Waals surface area contributed by atoms with Crippen LogP contribution in [0.1, 0.15) is 32.0 Å². The molecule has 0 radical (unpaired) electrons. The van der Waals surface area contributed by atoms with Crippen LogP contribution >= 0.6 is 11.3 Å². The molecule has 0 saturated carbocycles. The highest BCUT2D eigenvalue weighted by molar-refractivity contribution is 7.12. The van der Waals surface area contributed by atoms with Crippen molar-refractivity contribution < 1.29 is 14.7 Å². The molecule has 6 nitrogen and oxygen atoms in total. The number of rotatable bonds is 4. The summed E-state index contributed by atoms with van der Waals surface area (Å²) in [7, 11) is 0. The Labute approximate surface area is 184 Å². The van der Waals surface area contributed by atoms with Crippen LogP contribution in [0.15, 0.2) is 60.0 Å². The van der Waals surface area contributed by atoms with Gasteiger partial charge in [0.25, 0.3) is 11.8 Å². The highest BCUT2D eigenvalue weighted by atomic mass is 32.1. The number of aliphatic hydroxyl groups is 1. The van der Waals surface area contributed by atoms with Gasteiger partial charge in [-0.1, -0.05) is 36.4 Å². The third-order valence-corrected chi connectivity index (χ3v) is 6.87. The standard InChI is InChI=1S/C24H23N3O3S/c28-14-15-3-5-16(6-4-15)17-7-8-21-20(10-17)24(30)27-13-18(11-19(27)12-25-21)26-23(29)22-2-1-9-31-22/h1-10,18-19,25,28H,11-14H2,(H,26,29)/t18?,19-/m0/s1. The Morgan fingerprint density at radius 1 is 1.16 bits per heavy atom. The van der Waals surface area contributed by atoms with E-state index in [0.717, 1.165) is 28.8 Å². The predicted molar refractivity (Wildman–Crippen MR) is 121 cm³/mol. The largest absolute Gasteiger partial charge is 0.392 e. The highest BCUT2D eigenvalue weighted by Gasteiger charge is 2.38. The van der Waals surface area contributed by atoms with Crippen LogP contribution in [-0.2, 0) is 6.61 Å². The van der Waals surface area contributed by atoms with Gasteiger partial charge in [-0.05, 0) is 46.7 Å². The SMILES string of the molecule is O=C(NC1C[C@H]2CNc3ccc(-c4ccc(CO)cc4)cc3C(=O)N2C1)c1cccs1. The molecular formula is C24H23N3O3S. The molecule has 3 heterocycles. The van der Waals surface area contributed by atoms with Gasteiger partial charge in [0.15, 0.2) is 0 Å². The van der Waals surface area contributed by atoms with Gasteiger partial charge in [-0.15, -0.1) is 11.3 Å². The number of hydrogen-bond acceptors (Lipinski definition) is 5. The molecule has 31 heavy (non-hydrogen) atoms. The molecular weight excluding hydrogens is 410 g/mol. The minimum atomic E-state index is -0.0768. The number of fused-ring (bicyclic) bond motifs is 2. The number of aliphatic hydroxyl groups excluding tert-OH is 1. The lowest BCUT2D eigenvalue weighted by Gasteiger charge is -2.21. The van der Waals surface area contributed by atoms with E-state index in [0.29, 0.717) is 23.5 Å². The number of nitrogens with one attached hydrogen (secondary N) is 2. The maximum atomic E-state index is 13.4. The van der Waals surface area contributed by atoms with Crippen molar-refractivity contribution >= 4 is 28.8 Å². The first-order valence-corrected chi connectivity index (χ1v) is 11.2. The van der Waals surface area contributed by atoms with Crippen LogP contribution in [0.2, 0.25) is 0 Å². The van der Waals surface area contributed by atoms with Gasteiger partial charge in [0.1, 0.15) is 0 Å². The molecule has 1 fully saturated rings. The van der Waals surface area contributed by atoms with Gasteiger partial charge in [0.2, 0.25) is 0 Å². The topological polar surface area (TPSA) is 81.7 Å². The molecule has 3 aromatic rings. The first kappa shape index (κ1) is 19.8. The zero-order valence-corrected chi connectivity index (χ0v) is 17.7. The van der Waals surface area contributed by atoms with Crippen LogP contribution in [0.4, 0.5) is 5.69 Å². The normalized spacial score (nSPS) is 19.9. The summed E-state index contributed by atoms with van der Waals surface area (Å²) in [5.74, 6) is -0.0845. The molecule has 2 aliphatic heterocycles. The van der Waals surface area contributed by atoms with Crippen LogP contribution in [0, 0.1) is 0 Å². The van der Waals surface area contributed by atoms with E-state index in [1.54, 1.807) is 0 Å². The Morgan fingerprint density at radius 2 is 1.97 bits per heavy atom. The summed E-state index contributed by atoms with van der Waals surface area (Å²) in [6, 6.07) is 17.2. The van der Waals surface area contributed by atoms with Gasteiger partial charge < -0.3 is 20.6 Å². The second-order valence-electron chi connectivity index (χ2n) is 7.99. The van der Waals surface area contributed by atoms with Crippen LogP contribution in [0.3, 0.4) is 0 Å². The number of nitrogens with zero attached hydrogens (tertiary/aromatic N) is 1. The maximum absolute atomic E-state index is 13.4. The molecule has 2 atom stereocenters. The molecule has 1 unspecified atom stereocenters. The van der Waals surface area contributed by atoms with Crippen molar-refractivity contribution in [2.75, 3.05) is 18.4 Å². The zero-order chi connectivity index (χ0) is 21.4. The molecule has 1 saturated heterocycles. The fourth-order valence-corrected chi connectivity index (χ4v) is 4.99. The average Bonchev–Trinajstić information content (AvgIpc) is 3.45. The van der Waals surface area contributed by atoms with Crippen LogP contribution in [0.25, 0.3) is 11.1 Å². The van der Waals surface area contributed by atoms with E-state index < -0.39 is 0 Å². The Bertz CT molecular complexity index is 1110. The lowest BCUT2D eigenvalue weighted by Crippen LogP contribution is -2.39. The van der Waals surface area contributed by atoms with Gasteiger partial charge in [-0.3, -0.25) is 9.59 Å². The number of amides is 2. The van der Waals surface area contributed by atoms with Crippen molar-refractivity contribution in [3.05, 3.63) is 76.0 Å². The first-order valence-electron chi connectivity index (χ1n) is 10.4. The Balaban J connectivity index is 1.36. The average molecular weight is 434 g/mol. The monoisotopic (exact) mass is 433 g/mol.